The lowest BCUT2D eigenvalue weighted by atomic mass is 9.98. The van der Waals surface area contributed by atoms with E-state index in [4.69, 9.17) is 19.3 Å². The Hall–Kier alpha value is -3.74. The van der Waals surface area contributed by atoms with Crippen LogP contribution in [0.25, 0.3) is 32.8 Å². The smallest absolute Gasteiger partial charge is 0.355 e. The van der Waals surface area contributed by atoms with Gasteiger partial charge in [0, 0.05) is 53.4 Å². The Morgan fingerprint density at radius 2 is 1.80 bits per heavy atom. The number of carbonyl (C=O) groups is 1. The van der Waals surface area contributed by atoms with E-state index in [1.54, 1.807) is 0 Å². The van der Waals surface area contributed by atoms with Gasteiger partial charge in [0.05, 0.1) is 56.5 Å². The molecule has 11 heteroatoms. The number of morpholine rings is 1. The number of hydrogen-bond donors (Lipinski definition) is 2. The van der Waals surface area contributed by atoms with Crippen LogP contribution < -0.4 is 10.1 Å². The summed E-state index contributed by atoms with van der Waals surface area (Å²) in [6.45, 7) is 8.20. The van der Waals surface area contributed by atoms with Crippen LogP contribution in [0.5, 0.6) is 5.75 Å². The minimum absolute atomic E-state index is 0.0123. The SMILES string of the molecule is CCOC(=O)c1c(CCCOc2cccc3ccccc23)c2cccc(-c3c(CBr)nn(CCO)c3CN3CCOCC3)c2n1CCCNC. The van der Waals surface area contributed by atoms with Crippen molar-refractivity contribution in [1.29, 1.82) is 0 Å². The molecule has 10 nitrogen and oxygen atoms in total. The van der Waals surface area contributed by atoms with Crippen LogP contribution in [0.1, 0.15) is 47.2 Å². The first-order chi connectivity index (χ1) is 24.6. The maximum Gasteiger partial charge on any atom is 0.355 e. The lowest BCUT2D eigenvalue weighted by Gasteiger charge is -2.27. The number of esters is 1. The molecule has 1 saturated heterocycles. The summed E-state index contributed by atoms with van der Waals surface area (Å²) in [5, 5.41) is 22.1. The van der Waals surface area contributed by atoms with Gasteiger partial charge in [-0.1, -0.05) is 70.5 Å². The molecule has 0 spiro atoms. The summed E-state index contributed by atoms with van der Waals surface area (Å²) >= 11 is 3.73. The minimum atomic E-state index is -0.311. The Kier molecular flexibility index (Phi) is 12.6. The summed E-state index contributed by atoms with van der Waals surface area (Å²) in [5.41, 5.74) is 6.61. The highest BCUT2D eigenvalue weighted by atomic mass is 79.9. The van der Waals surface area contributed by atoms with Crippen LogP contribution in [-0.4, -0.2) is 90.0 Å². The van der Waals surface area contributed by atoms with Gasteiger partial charge in [-0.3, -0.25) is 9.58 Å². The number of fused-ring (bicyclic) bond motifs is 2. The molecule has 6 rings (SSSR count). The first kappa shape index (κ1) is 36.1. The zero-order chi connectivity index (χ0) is 34.9. The molecule has 3 aromatic carbocycles. The normalized spacial score (nSPS) is 13.8. The Morgan fingerprint density at radius 3 is 2.58 bits per heavy atom. The first-order valence-corrected chi connectivity index (χ1v) is 18.8. The summed E-state index contributed by atoms with van der Waals surface area (Å²) in [6.07, 6.45) is 2.20. The third-order valence-electron chi connectivity index (χ3n) is 9.36. The van der Waals surface area contributed by atoms with Crippen LogP contribution in [0.2, 0.25) is 0 Å². The van der Waals surface area contributed by atoms with E-state index in [-0.39, 0.29) is 12.6 Å². The quantitative estimate of drug-likeness (QED) is 0.0662. The van der Waals surface area contributed by atoms with Crippen LogP contribution in [0.4, 0.5) is 0 Å². The molecule has 2 N–H and O–H groups in total. The van der Waals surface area contributed by atoms with E-state index in [1.165, 1.54) is 0 Å². The number of aryl methyl sites for hydroxylation is 2. The molecule has 50 heavy (non-hydrogen) atoms. The molecule has 0 amide bonds. The minimum Gasteiger partial charge on any atom is -0.493 e. The summed E-state index contributed by atoms with van der Waals surface area (Å²) in [7, 11) is 1.95. The van der Waals surface area contributed by atoms with Gasteiger partial charge >= 0.3 is 5.97 Å². The fourth-order valence-corrected chi connectivity index (χ4v) is 7.52. The average Bonchev–Trinajstić information content (AvgIpc) is 3.65. The lowest BCUT2D eigenvalue weighted by Crippen LogP contribution is -2.36. The van der Waals surface area contributed by atoms with Gasteiger partial charge in [-0.2, -0.15) is 5.10 Å². The summed E-state index contributed by atoms with van der Waals surface area (Å²) in [5.74, 6) is 0.551. The van der Waals surface area contributed by atoms with Crippen molar-refractivity contribution in [2.45, 2.75) is 51.2 Å². The van der Waals surface area contributed by atoms with Crippen molar-refractivity contribution in [3.63, 3.8) is 0 Å². The van der Waals surface area contributed by atoms with Gasteiger partial charge < -0.3 is 29.2 Å². The van der Waals surface area contributed by atoms with Gasteiger partial charge in [0.2, 0.25) is 0 Å². The molecule has 1 aliphatic rings. The summed E-state index contributed by atoms with van der Waals surface area (Å²) in [6, 6.07) is 20.7. The van der Waals surface area contributed by atoms with E-state index in [0.717, 1.165) is 88.0 Å². The Bertz CT molecular complexity index is 1890. The predicted octanol–water partition coefficient (Wildman–Crippen LogP) is 6.18. The lowest BCUT2D eigenvalue weighted by molar-refractivity contribution is 0.0329. The van der Waals surface area contributed by atoms with Crippen molar-refractivity contribution < 1.29 is 24.1 Å². The first-order valence-electron chi connectivity index (χ1n) is 17.7. The number of alkyl halides is 1. The number of hydrogen-bond acceptors (Lipinski definition) is 8. The zero-order valence-corrected chi connectivity index (χ0v) is 30.7. The van der Waals surface area contributed by atoms with Crippen molar-refractivity contribution in [2.24, 2.45) is 0 Å². The molecule has 1 aliphatic heterocycles. The van der Waals surface area contributed by atoms with Gasteiger partial charge in [0.15, 0.2) is 0 Å². The molecule has 0 radical (unpaired) electrons. The van der Waals surface area contributed by atoms with Crippen molar-refractivity contribution in [3.8, 4) is 16.9 Å². The number of para-hydroxylation sites is 1. The van der Waals surface area contributed by atoms with Gasteiger partial charge in [-0.25, -0.2) is 4.79 Å². The standard InChI is InChI=1S/C39H48BrN5O5/c1-3-49-39(47)38-31(15-8-23-50-35-16-6-11-28-10-4-5-12-29(28)35)30-13-7-14-32(37(30)44(38)18-9-17-41-2)36-33(26-40)42-45(19-22-46)34(36)27-43-20-24-48-25-21-43/h4-7,10-14,16,41,46H,3,8-9,15,17-27H2,1-2H3. The number of aliphatic hydroxyl groups is 1. The van der Waals surface area contributed by atoms with E-state index in [9.17, 15) is 9.90 Å². The van der Waals surface area contributed by atoms with E-state index in [0.29, 0.717) is 63.5 Å². The molecule has 0 bridgehead atoms. The number of halogens is 1. The number of ether oxygens (including phenoxy) is 3. The molecule has 3 heterocycles. The third kappa shape index (κ3) is 7.77. The molecule has 5 aromatic rings. The highest BCUT2D eigenvalue weighted by Gasteiger charge is 2.29. The zero-order valence-electron chi connectivity index (χ0n) is 29.1. The molecular formula is C39H48BrN5O5. The molecule has 0 aliphatic carbocycles. The van der Waals surface area contributed by atoms with Crippen LogP contribution in [0, 0.1) is 0 Å². The molecule has 0 atom stereocenters. The fraction of sp³-hybridized carbons (Fsp3) is 0.436. The highest BCUT2D eigenvalue weighted by molar-refractivity contribution is 9.08. The Balaban J connectivity index is 1.45. The van der Waals surface area contributed by atoms with Gasteiger partial charge in [0.25, 0.3) is 0 Å². The number of nitrogens with one attached hydrogen (secondary N) is 1. The van der Waals surface area contributed by atoms with Crippen LogP contribution in [0.3, 0.4) is 0 Å². The number of nitrogens with zero attached hydrogens (tertiary/aromatic N) is 4. The Labute approximate surface area is 302 Å². The second-order valence-electron chi connectivity index (χ2n) is 12.5. The number of carbonyl (C=O) groups excluding carboxylic acids is 1. The summed E-state index contributed by atoms with van der Waals surface area (Å²) < 4.78 is 21.9. The number of aliphatic hydroxyl groups excluding tert-OH is 1. The van der Waals surface area contributed by atoms with Crippen molar-refractivity contribution in [1.82, 2.24) is 24.6 Å². The fourth-order valence-electron chi connectivity index (χ4n) is 7.13. The van der Waals surface area contributed by atoms with Gasteiger partial charge in [-0.05, 0) is 56.8 Å². The second kappa shape index (κ2) is 17.5. The molecule has 2 aromatic heterocycles. The second-order valence-corrected chi connectivity index (χ2v) is 13.1. The summed E-state index contributed by atoms with van der Waals surface area (Å²) in [4.78, 5) is 16.3. The highest BCUT2D eigenvalue weighted by Crippen LogP contribution is 2.40. The Morgan fingerprint density at radius 1 is 1.02 bits per heavy atom. The monoisotopic (exact) mass is 745 g/mol. The van der Waals surface area contributed by atoms with E-state index >= 15 is 0 Å². The van der Waals surface area contributed by atoms with Crippen LogP contribution in [-0.2, 0) is 40.9 Å². The van der Waals surface area contributed by atoms with Crippen LogP contribution in [0.15, 0.2) is 60.7 Å². The maximum atomic E-state index is 13.9. The van der Waals surface area contributed by atoms with Gasteiger partial charge in [0.1, 0.15) is 11.4 Å². The molecule has 1 fully saturated rings. The molecule has 0 unspecified atom stereocenters. The molecule has 266 valence electrons. The predicted molar refractivity (Wildman–Crippen MR) is 201 cm³/mol. The van der Waals surface area contributed by atoms with Crippen molar-refractivity contribution in [2.75, 3.05) is 59.7 Å². The van der Waals surface area contributed by atoms with E-state index in [2.05, 4.69) is 67.1 Å². The molecular weight excluding hydrogens is 698 g/mol. The topological polar surface area (TPSA) is 103 Å². The third-order valence-corrected chi connectivity index (χ3v) is 9.89. The van der Waals surface area contributed by atoms with E-state index < -0.39 is 0 Å². The largest absolute Gasteiger partial charge is 0.493 e. The number of rotatable bonds is 17. The number of benzene rings is 3. The maximum absolute atomic E-state index is 13.9. The van der Waals surface area contributed by atoms with Gasteiger partial charge in [-0.15, -0.1) is 0 Å². The number of aromatic nitrogens is 3. The van der Waals surface area contributed by atoms with E-state index in [1.807, 2.05) is 42.9 Å². The average molecular weight is 747 g/mol. The van der Waals surface area contributed by atoms with Crippen LogP contribution >= 0.6 is 15.9 Å². The molecule has 0 saturated carbocycles. The van der Waals surface area contributed by atoms with Crippen molar-refractivity contribution >= 4 is 43.6 Å². The van der Waals surface area contributed by atoms with Crippen molar-refractivity contribution in [3.05, 3.63) is 83.3 Å².